The van der Waals surface area contributed by atoms with E-state index >= 15 is 0 Å². The van der Waals surface area contributed by atoms with Gasteiger partial charge in [0.1, 0.15) is 18.4 Å². The maximum atomic E-state index is 12.3. The van der Waals surface area contributed by atoms with Gasteiger partial charge in [-0.2, -0.15) is 0 Å². The van der Waals surface area contributed by atoms with Crippen LogP contribution in [-0.2, 0) is 4.79 Å². The number of amides is 2. The number of benzene rings is 1. The Balaban J connectivity index is 2.73. The van der Waals surface area contributed by atoms with Crippen molar-refractivity contribution in [3.8, 4) is 17.6 Å². The summed E-state index contributed by atoms with van der Waals surface area (Å²) in [6.45, 7) is 7.40. The zero-order chi connectivity index (χ0) is 19.0. The molecule has 1 aromatic carbocycles. The molecule has 1 unspecified atom stereocenters. The van der Waals surface area contributed by atoms with Crippen LogP contribution in [0.25, 0.3) is 0 Å². The summed E-state index contributed by atoms with van der Waals surface area (Å²) in [5.41, 5.74) is 6.66. The monoisotopic (exact) mass is 347 g/mol. The lowest BCUT2D eigenvalue weighted by molar-refractivity contribution is -0.132. The summed E-state index contributed by atoms with van der Waals surface area (Å²) < 4.78 is 5.46. The Morgan fingerprint density at radius 3 is 2.36 bits per heavy atom. The molecule has 2 amide bonds. The quantitative estimate of drug-likeness (QED) is 0.349. The Hall–Kier alpha value is -2.56. The van der Waals surface area contributed by atoms with Gasteiger partial charge in [0.2, 0.25) is 0 Å². The fourth-order valence-electron chi connectivity index (χ4n) is 1.94. The van der Waals surface area contributed by atoms with Gasteiger partial charge in [0.15, 0.2) is 0 Å². The first kappa shape index (κ1) is 20.5. The summed E-state index contributed by atoms with van der Waals surface area (Å²) in [6.07, 6.45) is 0. The van der Waals surface area contributed by atoms with Crippen LogP contribution in [0.15, 0.2) is 24.3 Å². The van der Waals surface area contributed by atoms with Crippen LogP contribution in [-0.4, -0.2) is 35.2 Å². The van der Waals surface area contributed by atoms with E-state index in [-0.39, 0.29) is 12.5 Å². The lowest BCUT2D eigenvalue weighted by Crippen LogP contribution is -2.61. The second-order valence-electron chi connectivity index (χ2n) is 6.49. The van der Waals surface area contributed by atoms with Crippen molar-refractivity contribution in [2.75, 3.05) is 6.61 Å². The van der Waals surface area contributed by atoms with Crippen molar-refractivity contribution < 1.29 is 19.5 Å². The van der Waals surface area contributed by atoms with E-state index < -0.39 is 23.4 Å². The van der Waals surface area contributed by atoms with E-state index in [1.54, 1.807) is 38.1 Å². The van der Waals surface area contributed by atoms with Gasteiger partial charge in [-0.15, -0.1) is 0 Å². The molecule has 1 atom stereocenters. The standard InChI is InChI=1S/C18H25N3O4/c1-12(2)6-5-11-25-14-9-7-13(8-10-14)16(22)20-15(17(23)21-24)18(3,4)19/h7-10,12,15,24H,11,19H2,1-4H3,(H,20,22)(H,21,23). The van der Waals surface area contributed by atoms with Gasteiger partial charge >= 0.3 is 0 Å². The molecule has 0 aliphatic rings. The van der Waals surface area contributed by atoms with Crippen LogP contribution < -0.4 is 21.3 Å². The number of ether oxygens (including phenoxy) is 1. The predicted octanol–water partition coefficient (Wildman–Crippen LogP) is 1.07. The average Bonchev–Trinajstić information content (AvgIpc) is 2.55. The van der Waals surface area contributed by atoms with Crippen molar-refractivity contribution >= 4 is 11.8 Å². The average molecular weight is 347 g/mol. The Kier molecular flexibility index (Phi) is 7.43. The zero-order valence-electron chi connectivity index (χ0n) is 14.9. The molecule has 0 bridgehead atoms. The molecule has 1 aromatic rings. The molecule has 0 aliphatic heterocycles. The number of carbonyl (C=O) groups is 2. The van der Waals surface area contributed by atoms with Crippen LogP contribution in [0.2, 0.25) is 0 Å². The SMILES string of the molecule is CC(C)C#CCOc1ccc(C(=O)NC(C(=O)NO)C(C)(C)N)cc1. The van der Waals surface area contributed by atoms with E-state index in [4.69, 9.17) is 15.7 Å². The molecule has 136 valence electrons. The van der Waals surface area contributed by atoms with Crippen molar-refractivity contribution in [2.45, 2.75) is 39.3 Å². The zero-order valence-corrected chi connectivity index (χ0v) is 14.9. The summed E-state index contributed by atoms with van der Waals surface area (Å²) in [5, 5.41) is 11.3. The second kappa shape index (κ2) is 9.06. The molecule has 25 heavy (non-hydrogen) atoms. The third kappa shape index (κ3) is 6.83. The maximum Gasteiger partial charge on any atom is 0.267 e. The number of nitrogens with one attached hydrogen (secondary N) is 2. The minimum atomic E-state index is -1.09. The highest BCUT2D eigenvalue weighted by molar-refractivity contribution is 5.97. The molecular weight excluding hydrogens is 322 g/mol. The van der Waals surface area contributed by atoms with Gasteiger partial charge in [0.05, 0.1) is 0 Å². The molecule has 0 spiro atoms. The molecule has 0 radical (unpaired) electrons. The van der Waals surface area contributed by atoms with Gasteiger partial charge < -0.3 is 15.8 Å². The van der Waals surface area contributed by atoms with Crippen molar-refractivity contribution in [2.24, 2.45) is 11.7 Å². The van der Waals surface area contributed by atoms with Gasteiger partial charge in [0, 0.05) is 17.0 Å². The molecular formula is C18H25N3O4. The molecule has 0 saturated heterocycles. The number of carbonyl (C=O) groups excluding carboxylic acids is 2. The fraction of sp³-hybridized carbons (Fsp3) is 0.444. The molecule has 0 saturated carbocycles. The smallest absolute Gasteiger partial charge is 0.267 e. The second-order valence-corrected chi connectivity index (χ2v) is 6.49. The lowest BCUT2D eigenvalue weighted by atomic mass is 9.95. The van der Waals surface area contributed by atoms with Crippen LogP contribution >= 0.6 is 0 Å². The summed E-state index contributed by atoms with van der Waals surface area (Å²) in [4.78, 5) is 24.0. The van der Waals surface area contributed by atoms with Crippen molar-refractivity contribution in [1.82, 2.24) is 10.8 Å². The Bertz CT molecular complexity index is 652. The topological polar surface area (TPSA) is 114 Å². The molecule has 0 fully saturated rings. The first-order chi connectivity index (χ1) is 11.6. The number of nitrogens with two attached hydrogens (primary N) is 1. The van der Waals surface area contributed by atoms with Crippen LogP contribution in [0.4, 0.5) is 0 Å². The molecule has 0 heterocycles. The molecule has 5 N–H and O–H groups in total. The molecule has 0 aliphatic carbocycles. The van der Waals surface area contributed by atoms with Crippen LogP contribution in [0.1, 0.15) is 38.1 Å². The summed E-state index contributed by atoms with van der Waals surface area (Å²) in [6, 6.07) is 5.32. The first-order valence-electron chi connectivity index (χ1n) is 7.90. The van der Waals surface area contributed by atoms with E-state index in [1.165, 1.54) is 5.48 Å². The van der Waals surface area contributed by atoms with E-state index in [2.05, 4.69) is 17.2 Å². The Morgan fingerprint density at radius 1 is 1.28 bits per heavy atom. The third-order valence-corrected chi connectivity index (χ3v) is 3.21. The predicted molar refractivity (Wildman–Crippen MR) is 94.0 cm³/mol. The lowest BCUT2D eigenvalue weighted by Gasteiger charge is -2.29. The third-order valence-electron chi connectivity index (χ3n) is 3.21. The van der Waals surface area contributed by atoms with E-state index in [1.807, 2.05) is 13.8 Å². The number of hydroxylamine groups is 1. The van der Waals surface area contributed by atoms with Crippen LogP contribution in [0.3, 0.4) is 0 Å². The highest BCUT2D eigenvalue weighted by atomic mass is 16.5. The van der Waals surface area contributed by atoms with Gasteiger partial charge in [-0.3, -0.25) is 14.8 Å². The maximum absolute atomic E-state index is 12.3. The minimum absolute atomic E-state index is 0.268. The largest absolute Gasteiger partial charge is 0.481 e. The van der Waals surface area contributed by atoms with Crippen LogP contribution in [0, 0.1) is 17.8 Å². The van der Waals surface area contributed by atoms with Gasteiger partial charge in [-0.1, -0.05) is 25.7 Å². The molecule has 1 rings (SSSR count). The van der Waals surface area contributed by atoms with Crippen LogP contribution in [0.5, 0.6) is 5.75 Å². The first-order valence-corrected chi connectivity index (χ1v) is 7.90. The molecule has 0 aromatic heterocycles. The number of hydrogen-bond acceptors (Lipinski definition) is 5. The van der Waals surface area contributed by atoms with Gasteiger partial charge in [-0.25, -0.2) is 5.48 Å². The van der Waals surface area contributed by atoms with E-state index in [0.717, 1.165) is 0 Å². The van der Waals surface area contributed by atoms with Crippen molar-refractivity contribution in [1.29, 1.82) is 0 Å². The molecule has 7 heteroatoms. The normalized spacial score (nSPS) is 12.0. The highest BCUT2D eigenvalue weighted by Crippen LogP contribution is 2.13. The van der Waals surface area contributed by atoms with Gasteiger partial charge in [-0.05, 0) is 38.1 Å². The Labute approximate surface area is 147 Å². The summed E-state index contributed by atoms with van der Waals surface area (Å²) >= 11 is 0. The number of hydrogen-bond donors (Lipinski definition) is 4. The van der Waals surface area contributed by atoms with E-state index in [9.17, 15) is 9.59 Å². The Morgan fingerprint density at radius 2 is 1.88 bits per heavy atom. The number of rotatable bonds is 6. The van der Waals surface area contributed by atoms with E-state index in [0.29, 0.717) is 11.3 Å². The highest BCUT2D eigenvalue weighted by Gasteiger charge is 2.33. The van der Waals surface area contributed by atoms with Gasteiger partial charge in [0.25, 0.3) is 11.8 Å². The van der Waals surface area contributed by atoms with Crippen molar-refractivity contribution in [3.63, 3.8) is 0 Å². The fourth-order valence-corrected chi connectivity index (χ4v) is 1.94. The minimum Gasteiger partial charge on any atom is -0.481 e. The van der Waals surface area contributed by atoms with Crippen molar-refractivity contribution in [3.05, 3.63) is 29.8 Å². The summed E-state index contributed by atoms with van der Waals surface area (Å²) in [5.74, 6) is 5.48. The molecule has 7 nitrogen and oxygen atoms in total. The summed E-state index contributed by atoms with van der Waals surface area (Å²) in [7, 11) is 0.